The Morgan fingerprint density at radius 3 is 2.39 bits per heavy atom. The van der Waals surface area contributed by atoms with Gasteiger partial charge in [-0.25, -0.2) is 0 Å². The molecule has 0 bridgehead atoms. The lowest BCUT2D eigenvalue weighted by Crippen LogP contribution is -2.45. The Balaban J connectivity index is 1.62. The standard InChI is InChI=1S/C21H30N4O3/c1-15(21(28)23-12-8-4-3-7-11-22-16(2)26)25-20(27)13-17-14-24-19-10-6-5-9-18(17)19/h5-6,9-10,14-15,24H,3-4,7-8,11-13H2,1-2H3,(H,22,26)(H,23,28)(H,25,27)/t15-/m0/s1. The van der Waals surface area contributed by atoms with E-state index in [1.54, 1.807) is 6.92 Å². The number of amides is 3. The van der Waals surface area contributed by atoms with Crippen molar-refractivity contribution in [3.05, 3.63) is 36.0 Å². The van der Waals surface area contributed by atoms with Crippen molar-refractivity contribution in [3.63, 3.8) is 0 Å². The lowest BCUT2D eigenvalue weighted by molar-refractivity contribution is -0.128. The van der Waals surface area contributed by atoms with E-state index in [2.05, 4.69) is 20.9 Å². The summed E-state index contributed by atoms with van der Waals surface area (Å²) in [6.45, 7) is 4.48. The second-order valence-corrected chi connectivity index (χ2v) is 7.01. The van der Waals surface area contributed by atoms with Crippen LogP contribution in [0, 0.1) is 0 Å². The van der Waals surface area contributed by atoms with Crippen LogP contribution >= 0.6 is 0 Å². The molecule has 0 aliphatic rings. The van der Waals surface area contributed by atoms with Gasteiger partial charge in [0.15, 0.2) is 0 Å². The van der Waals surface area contributed by atoms with Crippen LogP contribution in [0.4, 0.5) is 0 Å². The Labute approximate surface area is 165 Å². The minimum atomic E-state index is -0.572. The summed E-state index contributed by atoms with van der Waals surface area (Å²) in [6.07, 6.45) is 5.88. The van der Waals surface area contributed by atoms with E-state index in [0.29, 0.717) is 13.1 Å². The van der Waals surface area contributed by atoms with Gasteiger partial charge in [-0.1, -0.05) is 31.0 Å². The molecule has 2 aromatic rings. The predicted octanol–water partition coefficient (Wildman–Crippen LogP) is 2.03. The third-order valence-electron chi connectivity index (χ3n) is 4.57. The quantitative estimate of drug-likeness (QED) is 0.444. The molecule has 0 unspecified atom stereocenters. The largest absolute Gasteiger partial charge is 0.361 e. The summed E-state index contributed by atoms with van der Waals surface area (Å²) in [7, 11) is 0. The monoisotopic (exact) mass is 386 g/mol. The van der Waals surface area contributed by atoms with Gasteiger partial charge in [0, 0.05) is 37.1 Å². The number of aromatic amines is 1. The molecule has 0 radical (unpaired) electrons. The number of carbonyl (C=O) groups is 3. The summed E-state index contributed by atoms with van der Waals surface area (Å²) < 4.78 is 0. The van der Waals surface area contributed by atoms with Crippen molar-refractivity contribution in [2.75, 3.05) is 13.1 Å². The molecule has 152 valence electrons. The molecule has 0 aliphatic carbocycles. The highest BCUT2D eigenvalue weighted by Gasteiger charge is 2.16. The van der Waals surface area contributed by atoms with Crippen molar-refractivity contribution in [2.45, 2.75) is 52.0 Å². The van der Waals surface area contributed by atoms with Crippen LogP contribution in [0.15, 0.2) is 30.5 Å². The Kier molecular flexibility index (Phi) is 8.52. The maximum atomic E-state index is 12.3. The average molecular weight is 386 g/mol. The molecule has 0 saturated carbocycles. The predicted molar refractivity (Wildman–Crippen MR) is 110 cm³/mol. The Bertz CT molecular complexity index is 800. The molecule has 1 heterocycles. The molecule has 0 aliphatic heterocycles. The molecule has 0 spiro atoms. The topological polar surface area (TPSA) is 103 Å². The number of unbranched alkanes of at least 4 members (excludes halogenated alkanes) is 3. The third-order valence-corrected chi connectivity index (χ3v) is 4.57. The average Bonchev–Trinajstić information content (AvgIpc) is 3.06. The van der Waals surface area contributed by atoms with E-state index < -0.39 is 6.04 Å². The van der Waals surface area contributed by atoms with E-state index >= 15 is 0 Å². The van der Waals surface area contributed by atoms with E-state index in [-0.39, 0.29) is 24.1 Å². The molecule has 0 saturated heterocycles. The van der Waals surface area contributed by atoms with Crippen LogP contribution in [-0.2, 0) is 20.8 Å². The highest BCUT2D eigenvalue weighted by Crippen LogP contribution is 2.17. The molecular formula is C21H30N4O3. The molecule has 0 fully saturated rings. The number of benzene rings is 1. The van der Waals surface area contributed by atoms with Crippen molar-refractivity contribution in [2.24, 2.45) is 0 Å². The maximum Gasteiger partial charge on any atom is 0.242 e. The zero-order chi connectivity index (χ0) is 20.4. The minimum absolute atomic E-state index is 0.00649. The van der Waals surface area contributed by atoms with Gasteiger partial charge in [-0.2, -0.15) is 0 Å². The van der Waals surface area contributed by atoms with Crippen LogP contribution in [0.2, 0.25) is 0 Å². The molecule has 1 aromatic carbocycles. The zero-order valence-corrected chi connectivity index (χ0v) is 16.6. The molecule has 28 heavy (non-hydrogen) atoms. The van der Waals surface area contributed by atoms with Crippen molar-refractivity contribution < 1.29 is 14.4 Å². The van der Waals surface area contributed by atoms with Gasteiger partial charge in [0.25, 0.3) is 0 Å². The summed E-state index contributed by atoms with van der Waals surface area (Å²) in [5.74, 6) is -0.358. The van der Waals surface area contributed by atoms with Gasteiger partial charge >= 0.3 is 0 Å². The number of nitrogens with one attached hydrogen (secondary N) is 4. The number of fused-ring (bicyclic) bond motifs is 1. The first-order valence-electron chi connectivity index (χ1n) is 9.84. The third kappa shape index (κ3) is 7.06. The fourth-order valence-electron chi connectivity index (χ4n) is 3.04. The van der Waals surface area contributed by atoms with Gasteiger partial charge in [-0.3, -0.25) is 14.4 Å². The van der Waals surface area contributed by atoms with Gasteiger partial charge in [0.05, 0.1) is 6.42 Å². The Morgan fingerprint density at radius 1 is 1.00 bits per heavy atom. The highest BCUT2D eigenvalue weighted by atomic mass is 16.2. The van der Waals surface area contributed by atoms with Gasteiger partial charge in [0.2, 0.25) is 17.7 Å². The first-order valence-corrected chi connectivity index (χ1v) is 9.84. The second kappa shape index (κ2) is 11.1. The van der Waals surface area contributed by atoms with Crippen LogP contribution in [0.1, 0.15) is 45.1 Å². The molecule has 1 aromatic heterocycles. The Hall–Kier alpha value is -2.83. The van der Waals surface area contributed by atoms with Gasteiger partial charge in [-0.15, -0.1) is 0 Å². The second-order valence-electron chi connectivity index (χ2n) is 7.01. The normalized spacial score (nSPS) is 11.8. The summed E-state index contributed by atoms with van der Waals surface area (Å²) in [6, 6.07) is 7.25. The van der Waals surface area contributed by atoms with Crippen LogP contribution in [-0.4, -0.2) is 41.8 Å². The number of rotatable bonds is 11. The van der Waals surface area contributed by atoms with Crippen molar-refractivity contribution in [1.29, 1.82) is 0 Å². The molecule has 3 amide bonds. The van der Waals surface area contributed by atoms with E-state index in [0.717, 1.165) is 42.1 Å². The molecule has 2 rings (SSSR count). The van der Waals surface area contributed by atoms with Crippen LogP contribution < -0.4 is 16.0 Å². The van der Waals surface area contributed by atoms with E-state index in [9.17, 15) is 14.4 Å². The number of para-hydroxylation sites is 1. The summed E-state index contributed by atoms with van der Waals surface area (Å²) in [4.78, 5) is 38.3. The number of hydrogen-bond donors (Lipinski definition) is 4. The fraction of sp³-hybridized carbons (Fsp3) is 0.476. The first-order chi connectivity index (χ1) is 13.5. The number of carbonyl (C=O) groups excluding carboxylic acids is 3. The minimum Gasteiger partial charge on any atom is -0.361 e. The van der Waals surface area contributed by atoms with E-state index in [1.165, 1.54) is 6.92 Å². The lowest BCUT2D eigenvalue weighted by Gasteiger charge is -2.14. The van der Waals surface area contributed by atoms with E-state index in [4.69, 9.17) is 0 Å². The number of H-pyrrole nitrogens is 1. The van der Waals surface area contributed by atoms with Crippen molar-refractivity contribution in [3.8, 4) is 0 Å². The molecule has 1 atom stereocenters. The lowest BCUT2D eigenvalue weighted by atomic mass is 10.1. The van der Waals surface area contributed by atoms with Crippen LogP contribution in [0.3, 0.4) is 0 Å². The fourth-order valence-corrected chi connectivity index (χ4v) is 3.04. The molecule has 4 N–H and O–H groups in total. The highest BCUT2D eigenvalue weighted by molar-refractivity contribution is 5.91. The molecule has 7 nitrogen and oxygen atoms in total. The Morgan fingerprint density at radius 2 is 1.68 bits per heavy atom. The summed E-state index contributed by atoms with van der Waals surface area (Å²) in [5.41, 5.74) is 1.91. The van der Waals surface area contributed by atoms with Crippen LogP contribution in [0.5, 0.6) is 0 Å². The van der Waals surface area contributed by atoms with Crippen molar-refractivity contribution in [1.82, 2.24) is 20.9 Å². The number of hydrogen-bond acceptors (Lipinski definition) is 3. The SMILES string of the molecule is CC(=O)NCCCCCCNC(=O)[C@H](C)NC(=O)Cc1c[nH]c2ccccc12. The smallest absolute Gasteiger partial charge is 0.242 e. The first kappa shape index (κ1) is 21.5. The van der Waals surface area contributed by atoms with Gasteiger partial charge < -0.3 is 20.9 Å². The van der Waals surface area contributed by atoms with Gasteiger partial charge in [-0.05, 0) is 31.4 Å². The summed E-state index contributed by atoms with van der Waals surface area (Å²) in [5, 5.41) is 9.40. The van der Waals surface area contributed by atoms with Gasteiger partial charge in [0.1, 0.15) is 6.04 Å². The summed E-state index contributed by atoms with van der Waals surface area (Å²) >= 11 is 0. The number of aromatic nitrogens is 1. The molecular weight excluding hydrogens is 356 g/mol. The van der Waals surface area contributed by atoms with Crippen molar-refractivity contribution >= 4 is 28.6 Å². The van der Waals surface area contributed by atoms with E-state index in [1.807, 2.05) is 30.5 Å². The van der Waals surface area contributed by atoms with Crippen LogP contribution in [0.25, 0.3) is 10.9 Å². The zero-order valence-electron chi connectivity index (χ0n) is 16.6. The maximum absolute atomic E-state index is 12.3. The molecule has 7 heteroatoms.